The second-order valence-electron chi connectivity index (χ2n) is 2.90. The van der Waals surface area contributed by atoms with Crippen molar-refractivity contribution in [1.29, 1.82) is 0 Å². The van der Waals surface area contributed by atoms with E-state index < -0.39 is 0 Å². The maximum absolute atomic E-state index is 11.0. The van der Waals surface area contributed by atoms with Gasteiger partial charge in [-0.1, -0.05) is 0 Å². The van der Waals surface area contributed by atoms with Crippen molar-refractivity contribution in [2.24, 2.45) is 0 Å². The summed E-state index contributed by atoms with van der Waals surface area (Å²) in [6.07, 6.45) is 6.87. The number of halogens is 1. The van der Waals surface area contributed by atoms with Gasteiger partial charge in [0.05, 0.1) is 12.7 Å². The second kappa shape index (κ2) is 7.17. The van der Waals surface area contributed by atoms with Crippen LogP contribution in [0.5, 0.6) is 0 Å². The summed E-state index contributed by atoms with van der Waals surface area (Å²) < 4.78 is 6.57. The highest BCUT2D eigenvalue weighted by molar-refractivity contribution is 5.84. The second-order valence-corrected chi connectivity index (χ2v) is 2.90. The molecule has 0 spiro atoms. The van der Waals surface area contributed by atoms with Crippen LogP contribution in [0.15, 0.2) is 30.6 Å². The molecule has 0 aliphatic rings. The van der Waals surface area contributed by atoms with Crippen LogP contribution < -0.4 is 21.5 Å². The molecule has 0 unspecified atom stereocenters. The summed E-state index contributed by atoms with van der Waals surface area (Å²) in [5, 5.41) is 0. The van der Waals surface area contributed by atoms with Crippen LogP contribution in [-0.4, -0.2) is 12.6 Å². The number of esters is 1. The first-order valence-electron chi connectivity index (χ1n) is 4.54. The smallest absolute Gasteiger partial charge is 0.336 e. The van der Waals surface area contributed by atoms with Crippen LogP contribution in [-0.2, 0) is 9.53 Å². The maximum atomic E-state index is 11.0. The number of hydrogen-bond donors (Lipinski definition) is 0. The highest BCUT2D eigenvalue weighted by Crippen LogP contribution is 1.89. The Balaban J connectivity index is 0.00000196. The molecule has 0 saturated heterocycles. The van der Waals surface area contributed by atoms with Crippen LogP contribution in [0.3, 0.4) is 0 Å². The lowest BCUT2D eigenvalue weighted by Gasteiger charge is -1.93. The fourth-order valence-electron chi connectivity index (χ4n) is 1.05. The molecule has 0 aromatic carbocycles. The van der Waals surface area contributed by atoms with Crippen molar-refractivity contribution in [2.45, 2.75) is 13.8 Å². The molecule has 0 atom stereocenters. The summed E-state index contributed by atoms with van der Waals surface area (Å²) >= 11 is 0. The molecule has 0 saturated carbocycles. The van der Waals surface area contributed by atoms with Gasteiger partial charge in [0.15, 0.2) is 18.6 Å². The third-order valence-corrected chi connectivity index (χ3v) is 1.64. The van der Waals surface area contributed by atoms with E-state index in [2.05, 4.69) is 0 Å². The zero-order valence-corrected chi connectivity index (χ0v) is 10.4. The number of carbonyl (C=O) groups is 1. The van der Waals surface area contributed by atoms with E-state index >= 15 is 0 Å². The molecule has 0 radical (unpaired) electrons. The van der Waals surface area contributed by atoms with Gasteiger partial charge in [-0.05, 0) is 19.9 Å². The third kappa shape index (κ3) is 5.32. The number of rotatable bonds is 3. The minimum Gasteiger partial charge on any atom is -1.00 e. The summed E-state index contributed by atoms with van der Waals surface area (Å²) in [5.41, 5.74) is 1.14. The van der Waals surface area contributed by atoms with Crippen molar-refractivity contribution in [1.82, 2.24) is 0 Å². The Labute approximate surface area is 100 Å². The number of aryl methyl sites for hydroxylation is 1. The Morgan fingerprint density at radius 1 is 1.60 bits per heavy atom. The first-order chi connectivity index (χ1) is 6.72. The normalized spacial score (nSPS) is 9.73. The molecule has 1 rings (SSSR count). The van der Waals surface area contributed by atoms with Crippen LogP contribution >= 0.6 is 0 Å². The van der Waals surface area contributed by atoms with Crippen molar-refractivity contribution >= 4 is 12.2 Å². The molecule has 3 nitrogen and oxygen atoms in total. The van der Waals surface area contributed by atoms with Crippen molar-refractivity contribution in [2.75, 3.05) is 6.61 Å². The van der Waals surface area contributed by atoms with E-state index in [-0.39, 0.29) is 23.0 Å². The van der Waals surface area contributed by atoms with Gasteiger partial charge in [0.1, 0.15) is 0 Å². The van der Waals surface area contributed by atoms with E-state index in [4.69, 9.17) is 4.74 Å². The molecular formula is C11H14BrNO2. The fraction of sp³-hybridized carbons (Fsp3) is 0.273. The number of nitrogens with zero attached hydrogens (tertiary/aromatic N) is 1. The number of hydrogen-bond acceptors (Lipinski definition) is 2. The summed E-state index contributed by atoms with van der Waals surface area (Å²) in [4.78, 5) is 11.0. The van der Waals surface area contributed by atoms with E-state index in [9.17, 15) is 4.79 Å². The Kier molecular flexibility index (Phi) is 6.62. The molecule has 0 aliphatic heterocycles. The van der Waals surface area contributed by atoms with Crippen molar-refractivity contribution < 1.29 is 31.1 Å². The lowest BCUT2D eigenvalue weighted by Crippen LogP contribution is -3.00. The van der Waals surface area contributed by atoms with Gasteiger partial charge in [0, 0.05) is 11.6 Å². The van der Waals surface area contributed by atoms with Gasteiger partial charge in [-0.3, -0.25) is 0 Å². The van der Waals surface area contributed by atoms with Gasteiger partial charge < -0.3 is 21.7 Å². The number of carbonyl (C=O) groups excluding carboxylic acids is 1. The predicted molar refractivity (Wildman–Crippen MR) is 53.3 cm³/mol. The van der Waals surface area contributed by atoms with Gasteiger partial charge in [-0.25, -0.2) is 4.79 Å². The van der Waals surface area contributed by atoms with Crippen molar-refractivity contribution in [3.05, 3.63) is 36.2 Å². The van der Waals surface area contributed by atoms with Crippen molar-refractivity contribution in [3.8, 4) is 0 Å². The van der Waals surface area contributed by atoms with Crippen molar-refractivity contribution in [3.63, 3.8) is 0 Å². The van der Waals surface area contributed by atoms with E-state index in [0.717, 1.165) is 5.56 Å². The average Bonchev–Trinajstić information content (AvgIpc) is 2.15. The fourth-order valence-corrected chi connectivity index (χ4v) is 1.05. The average molecular weight is 272 g/mol. The quantitative estimate of drug-likeness (QED) is 0.374. The molecule has 0 aliphatic carbocycles. The monoisotopic (exact) mass is 271 g/mol. The molecule has 1 aromatic rings. The molecule has 4 heteroatoms. The maximum Gasteiger partial charge on any atom is 0.336 e. The number of pyridine rings is 1. The number of aromatic nitrogens is 1. The predicted octanol–water partition coefficient (Wildman–Crippen LogP) is -1.68. The Morgan fingerprint density at radius 3 is 2.93 bits per heavy atom. The standard InChI is InChI=1S/C11H14NO2.BrH/c1-3-14-11(13)6-8-12-7-4-5-10(2)9-12;/h4-9H,3H2,1-2H3;1H/q+1;/p-1/b8-6+;. The summed E-state index contributed by atoms with van der Waals surface area (Å²) in [6, 6.07) is 3.92. The summed E-state index contributed by atoms with van der Waals surface area (Å²) in [7, 11) is 0. The minimum atomic E-state index is -0.318. The molecule has 0 fully saturated rings. The highest BCUT2D eigenvalue weighted by Gasteiger charge is 1.98. The summed E-state index contributed by atoms with van der Waals surface area (Å²) in [5.74, 6) is -0.318. The third-order valence-electron chi connectivity index (χ3n) is 1.64. The van der Waals surface area contributed by atoms with E-state index in [1.165, 1.54) is 6.08 Å². The van der Waals surface area contributed by atoms with Gasteiger partial charge >= 0.3 is 5.97 Å². The van der Waals surface area contributed by atoms with Gasteiger partial charge in [0.2, 0.25) is 0 Å². The largest absolute Gasteiger partial charge is 1.00 e. The van der Waals surface area contributed by atoms with Crippen LogP contribution in [0.25, 0.3) is 6.20 Å². The van der Waals surface area contributed by atoms with Crippen LogP contribution in [0, 0.1) is 6.92 Å². The number of ether oxygens (including phenoxy) is 1. The molecule has 0 amide bonds. The SMILES string of the molecule is CCOC(=O)/C=C/[n+]1cccc(C)c1.[Br-]. The molecule has 0 N–H and O–H groups in total. The van der Waals surface area contributed by atoms with E-state index in [0.29, 0.717) is 6.61 Å². The molecule has 0 bridgehead atoms. The molecular weight excluding hydrogens is 258 g/mol. The zero-order valence-electron chi connectivity index (χ0n) is 8.81. The van der Waals surface area contributed by atoms with Crippen LogP contribution in [0.2, 0.25) is 0 Å². The first kappa shape index (κ1) is 13.8. The summed E-state index contributed by atoms with van der Waals surface area (Å²) in [6.45, 7) is 4.18. The Morgan fingerprint density at radius 2 is 2.33 bits per heavy atom. The van der Waals surface area contributed by atoms with E-state index in [1.54, 1.807) is 13.1 Å². The zero-order chi connectivity index (χ0) is 10.4. The molecule has 82 valence electrons. The highest BCUT2D eigenvalue weighted by atomic mass is 79.9. The lowest BCUT2D eigenvalue weighted by molar-refractivity contribution is -0.568. The molecule has 1 aromatic heterocycles. The van der Waals surface area contributed by atoms with E-state index in [1.807, 2.05) is 36.0 Å². The Hall–Kier alpha value is -1.16. The van der Waals surface area contributed by atoms with Gasteiger partial charge in [-0.2, -0.15) is 4.57 Å². The lowest BCUT2D eigenvalue weighted by atomic mass is 10.3. The van der Waals surface area contributed by atoms with Gasteiger partial charge in [-0.15, -0.1) is 0 Å². The molecule has 1 heterocycles. The molecule has 15 heavy (non-hydrogen) atoms. The Bertz CT molecular complexity index is 350. The first-order valence-corrected chi connectivity index (χ1v) is 4.54. The van der Waals surface area contributed by atoms with Crippen LogP contribution in [0.1, 0.15) is 12.5 Å². The van der Waals surface area contributed by atoms with Crippen LogP contribution in [0.4, 0.5) is 0 Å². The topological polar surface area (TPSA) is 30.2 Å². The van der Waals surface area contributed by atoms with Gasteiger partial charge in [0.25, 0.3) is 0 Å². The minimum absolute atomic E-state index is 0.